The first-order valence-corrected chi connectivity index (χ1v) is 14.9. The fraction of sp³-hybridized carbons (Fsp3) is 0.500. The van der Waals surface area contributed by atoms with Crippen LogP contribution in [0.3, 0.4) is 0 Å². The summed E-state index contributed by atoms with van der Waals surface area (Å²) in [5, 5.41) is 23.2. The van der Waals surface area contributed by atoms with Gasteiger partial charge in [-0.15, -0.1) is 0 Å². The zero-order valence-electron chi connectivity index (χ0n) is 23.0. The average molecular weight is 611 g/mol. The molecule has 0 spiro atoms. The van der Waals surface area contributed by atoms with Crippen LogP contribution in [-0.4, -0.2) is 83.5 Å². The van der Waals surface area contributed by atoms with E-state index in [0.717, 1.165) is 0 Å². The zero-order valence-corrected chi connectivity index (χ0v) is 24.6. The molecule has 40 heavy (non-hydrogen) atoms. The van der Waals surface area contributed by atoms with Crippen LogP contribution in [-0.2, 0) is 39.4 Å². The van der Waals surface area contributed by atoms with Crippen molar-refractivity contribution in [2.24, 2.45) is 11.8 Å². The average Bonchev–Trinajstić information content (AvgIpc) is 2.77. The van der Waals surface area contributed by atoms with Crippen LogP contribution < -0.4 is 10.6 Å². The van der Waals surface area contributed by atoms with E-state index in [0.29, 0.717) is 12.0 Å². The predicted molar refractivity (Wildman–Crippen MR) is 147 cm³/mol. The molecule has 1 aliphatic carbocycles. The zero-order chi connectivity index (χ0) is 32.1. The van der Waals surface area contributed by atoms with Crippen LogP contribution in [0, 0.1) is 11.8 Å². The van der Waals surface area contributed by atoms with Gasteiger partial charge < -0.3 is 20.8 Å². The predicted octanol–water partition coefficient (Wildman–Crippen LogP) is 1.21. The van der Waals surface area contributed by atoms with E-state index in [1.54, 1.807) is 20.8 Å². The third-order valence-electron chi connectivity index (χ3n) is 5.05. The molecular formula is C24H38N2O12S2. The van der Waals surface area contributed by atoms with E-state index in [1.807, 2.05) is 0 Å². The molecule has 2 amide bonds. The maximum atomic E-state index is 11.7. The van der Waals surface area contributed by atoms with E-state index in [2.05, 4.69) is 23.8 Å². The molecule has 0 aromatic carbocycles. The number of carboxylic acid groups (broad SMARTS) is 2. The summed E-state index contributed by atoms with van der Waals surface area (Å²) in [6, 6.07) is 0. The van der Waals surface area contributed by atoms with Gasteiger partial charge >= 0.3 is 11.9 Å². The van der Waals surface area contributed by atoms with Gasteiger partial charge in [0.05, 0.1) is 11.5 Å². The molecule has 0 saturated heterocycles. The van der Waals surface area contributed by atoms with Gasteiger partial charge in [0.25, 0.3) is 20.2 Å². The summed E-state index contributed by atoms with van der Waals surface area (Å²) < 4.78 is 57.0. The van der Waals surface area contributed by atoms with Crippen LogP contribution in [0.2, 0.25) is 0 Å². The number of amides is 2. The summed E-state index contributed by atoms with van der Waals surface area (Å²) in [4.78, 5) is 45.2. The maximum absolute atomic E-state index is 11.7. The van der Waals surface area contributed by atoms with E-state index in [1.165, 1.54) is 32.1 Å². The minimum atomic E-state index is -3.97. The molecule has 228 valence electrons. The lowest BCUT2D eigenvalue weighted by Gasteiger charge is -2.35. The second-order valence-corrected chi connectivity index (χ2v) is 12.1. The normalized spacial score (nSPS) is 18.8. The molecule has 16 heteroatoms. The second kappa shape index (κ2) is 16.7. The van der Waals surface area contributed by atoms with Crippen molar-refractivity contribution in [3.05, 3.63) is 48.1 Å². The Morgan fingerprint density at radius 3 is 1.82 bits per heavy atom. The molecule has 0 aliphatic heterocycles. The number of rotatable bonds is 11. The number of hydrogen-bond donors (Lipinski definition) is 6. The van der Waals surface area contributed by atoms with Crippen LogP contribution >= 0.6 is 0 Å². The Labute approximate surface area is 234 Å². The van der Waals surface area contributed by atoms with Crippen LogP contribution in [0.1, 0.15) is 41.0 Å². The Kier molecular flexibility index (Phi) is 16.2. The Bertz CT molecular complexity index is 1250. The van der Waals surface area contributed by atoms with Gasteiger partial charge in [-0.2, -0.15) is 16.8 Å². The highest BCUT2D eigenvalue weighted by molar-refractivity contribution is 7.86. The third kappa shape index (κ3) is 15.3. The van der Waals surface area contributed by atoms with Gasteiger partial charge in [-0.25, -0.2) is 9.59 Å². The lowest BCUT2D eigenvalue weighted by atomic mass is 9.76. The number of carboxylic acids is 2. The van der Waals surface area contributed by atoms with Crippen molar-refractivity contribution in [3.63, 3.8) is 0 Å². The van der Waals surface area contributed by atoms with Crippen molar-refractivity contribution >= 4 is 44.0 Å². The Balaban J connectivity index is 0. The number of carbonyl (C=O) groups excluding carboxylic acids is 2. The molecular weight excluding hydrogens is 572 g/mol. The van der Waals surface area contributed by atoms with E-state index < -0.39 is 49.5 Å². The van der Waals surface area contributed by atoms with Gasteiger partial charge in [0.1, 0.15) is 0 Å². The molecule has 3 unspecified atom stereocenters. The fourth-order valence-electron chi connectivity index (χ4n) is 2.94. The lowest BCUT2D eigenvalue weighted by molar-refractivity contribution is -0.147. The maximum Gasteiger partial charge on any atom is 0.334 e. The van der Waals surface area contributed by atoms with Gasteiger partial charge in [0.2, 0.25) is 11.8 Å². The molecule has 0 bridgehead atoms. The number of aliphatic carboxylic acids is 2. The van der Waals surface area contributed by atoms with Crippen molar-refractivity contribution in [2.45, 2.75) is 46.6 Å². The first-order chi connectivity index (χ1) is 18.0. The SMILES string of the molecule is C=C(C)C(=O)NC1(C(=O)O)C=CC=C(C(=O)O)C1C.C=C(C)C(=O)NCC(C)CS(=O)(=O)O.CCCS(=O)(=O)O. The van der Waals surface area contributed by atoms with Gasteiger partial charge in [-0.1, -0.05) is 46.1 Å². The summed E-state index contributed by atoms with van der Waals surface area (Å²) in [6.07, 6.45) is 4.38. The molecule has 0 aromatic rings. The van der Waals surface area contributed by atoms with Gasteiger partial charge in [-0.05, 0) is 32.3 Å². The van der Waals surface area contributed by atoms with Crippen LogP contribution in [0.25, 0.3) is 0 Å². The molecule has 0 aromatic heterocycles. The minimum Gasteiger partial charge on any atom is -0.479 e. The quantitative estimate of drug-likeness (QED) is 0.143. The number of allylic oxidation sites excluding steroid dienone is 2. The highest BCUT2D eigenvalue weighted by Crippen LogP contribution is 2.31. The molecule has 3 atom stereocenters. The van der Waals surface area contributed by atoms with Crippen molar-refractivity contribution in [3.8, 4) is 0 Å². The van der Waals surface area contributed by atoms with E-state index in [9.17, 15) is 41.1 Å². The Morgan fingerprint density at radius 2 is 1.50 bits per heavy atom. The van der Waals surface area contributed by atoms with Gasteiger partial charge in [-0.3, -0.25) is 18.7 Å². The first-order valence-electron chi connectivity index (χ1n) is 11.7. The molecule has 6 N–H and O–H groups in total. The standard InChI is InChI=1S/C13H15NO5.C8H15NO4S.C3H8O3S/c1-7(2)10(15)14-13(12(18)19)6-4-5-9(8(13)3)11(16)17;1-6(2)8(10)9-4-7(3)5-14(11,12)13;1-2-3-7(4,5)6/h4-6,8H,1H2,2-3H3,(H,14,15)(H,16,17)(H,18,19);7H,1,4-5H2,2-3H3,(H,9,10)(H,11,12,13);2-3H2,1H3,(H,4,5,6). The summed E-state index contributed by atoms with van der Waals surface area (Å²) in [6.45, 7) is 14.8. The van der Waals surface area contributed by atoms with Gasteiger partial charge in [0.15, 0.2) is 5.54 Å². The van der Waals surface area contributed by atoms with Crippen molar-refractivity contribution < 1.29 is 55.3 Å². The number of hydrogen-bond acceptors (Lipinski definition) is 8. The van der Waals surface area contributed by atoms with E-state index in [-0.39, 0.29) is 41.0 Å². The third-order valence-corrected chi connectivity index (χ3v) is 6.96. The molecule has 0 heterocycles. The van der Waals surface area contributed by atoms with Crippen LogP contribution in [0.15, 0.2) is 48.1 Å². The smallest absolute Gasteiger partial charge is 0.334 e. The largest absolute Gasteiger partial charge is 0.479 e. The summed E-state index contributed by atoms with van der Waals surface area (Å²) >= 11 is 0. The topological polar surface area (TPSA) is 242 Å². The Hall–Kier alpha value is -3.34. The van der Waals surface area contributed by atoms with E-state index in [4.69, 9.17) is 14.2 Å². The summed E-state index contributed by atoms with van der Waals surface area (Å²) in [5.74, 6) is -5.21. The summed E-state index contributed by atoms with van der Waals surface area (Å²) in [7, 11) is -7.64. The van der Waals surface area contributed by atoms with Crippen molar-refractivity contribution in [1.29, 1.82) is 0 Å². The lowest BCUT2D eigenvalue weighted by Crippen LogP contribution is -2.59. The van der Waals surface area contributed by atoms with Gasteiger partial charge in [0, 0.05) is 29.2 Å². The number of carbonyl (C=O) groups is 4. The van der Waals surface area contributed by atoms with E-state index >= 15 is 0 Å². The molecule has 0 radical (unpaired) electrons. The Morgan fingerprint density at radius 1 is 1.00 bits per heavy atom. The molecule has 14 nitrogen and oxygen atoms in total. The monoisotopic (exact) mass is 610 g/mol. The van der Waals surface area contributed by atoms with Crippen molar-refractivity contribution in [2.75, 3.05) is 18.1 Å². The highest BCUT2D eigenvalue weighted by Gasteiger charge is 2.47. The van der Waals surface area contributed by atoms with Crippen LogP contribution in [0.5, 0.6) is 0 Å². The van der Waals surface area contributed by atoms with Crippen LogP contribution in [0.4, 0.5) is 0 Å². The second-order valence-electron chi connectivity index (χ2n) is 9.05. The van der Waals surface area contributed by atoms with Crippen molar-refractivity contribution in [1.82, 2.24) is 10.6 Å². The molecule has 0 fully saturated rings. The molecule has 1 aliphatic rings. The first kappa shape index (κ1) is 38.8. The molecule has 1 rings (SSSR count). The fourth-order valence-corrected chi connectivity index (χ4v) is 4.30. The molecule has 0 saturated carbocycles. The number of nitrogens with one attached hydrogen (secondary N) is 2. The summed E-state index contributed by atoms with van der Waals surface area (Å²) in [5.41, 5.74) is -1.35. The highest BCUT2D eigenvalue weighted by atomic mass is 32.2. The minimum absolute atomic E-state index is 0.0769.